The maximum atomic E-state index is 13.2. The van der Waals surface area contributed by atoms with Crippen LogP contribution in [0.1, 0.15) is 66.1 Å². The van der Waals surface area contributed by atoms with Crippen molar-refractivity contribution in [2.24, 2.45) is 11.8 Å². The predicted molar refractivity (Wildman–Crippen MR) is 122 cm³/mol. The van der Waals surface area contributed by atoms with Crippen molar-refractivity contribution in [2.45, 2.75) is 58.8 Å². The van der Waals surface area contributed by atoms with Crippen molar-refractivity contribution >= 4 is 23.2 Å². The van der Waals surface area contributed by atoms with E-state index in [9.17, 15) is 9.59 Å². The van der Waals surface area contributed by atoms with Crippen LogP contribution in [0, 0.1) is 11.8 Å². The molecule has 2 amide bonds. The van der Waals surface area contributed by atoms with Crippen LogP contribution in [0.5, 0.6) is 0 Å². The Kier molecular flexibility index (Phi) is 7.14. The summed E-state index contributed by atoms with van der Waals surface area (Å²) in [6.07, 6.45) is 7.40. The lowest BCUT2D eigenvalue weighted by atomic mass is 9.87. The Bertz CT molecular complexity index is 744. The second-order valence-electron chi connectivity index (χ2n) is 9.72. The molecule has 2 saturated heterocycles. The number of rotatable bonds is 4. The molecule has 1 aliphatic carbocycles. The average molecular weight is 432 g/mol. The molecule has 0 aromatic carbocycles. The third kappa shape index (κ3) is 5.08. The zero-order valence-corrected chi connectivity index (χ0v) is 19.5. The number of aryl methyl sites for hydroxylation is 1. The van der Waals surface area contributed by atoms with Gasteiger partial charge < -0.3 is 9.80 Å². The topological polar surface area (TPSA) is 43.9 Å². The molecule has 6 heteroatoms. The maximum absolute atomic E-state index is 13.2. The minimum atomic E-state index is 0.0879. The number of carbonyl (C=O) groups is 2. The highest BCUT2D eigenvalue weighted by molar-refractivity contribution is 7.14. The predicted octanol–water partition coefficient (Wildman–Crippen LogP) is 3.67. The SMILES string of the molecule is CC(C)CN1CCN(C(=O)[C@@H]2CCc3sc(C(=O)N4CCCCCC4)cc3C2)CC1. The summed E-state index contributed by atoms with van der Waals surface area (Å²) < 4.78 is 0. The summed E-state index contributed by atoms with van der Waals surface area (Å²) in [5.41, 5.74) is 1.25. The van der Waals surface area contributed by atoms with Crippen molar-refractivity contribution in [1.82, 2.24) is 14.7 Å². The van der Waals surface area contributed by atoms with Gasteiger partial charge in [0, 0.05) is 56.6 Å². The Morgan fingerprint density at radius 3 is 2.37 bits per heavy atom. The van der Waals surface area contributed by atoms with Gasteiger partial charge in [0.15, 0.2) is 0 Å². The second-order valence-corrected chi connectivity index (χ2v) is 10.9. The highest BCUT2D eigenvalue weighted by Gasteiger charge is 2.32. The van der Waals surface area contributed by atoms with Crippen LogP contribution in [0.2, 0.25) is 0 Å². The van der Waals surface area contributed by atoms with E-state index in [1.165, 1.54) is 23.3 Å². The summed E-state index contributed by atoms with van der Waals surface area (Å²) in [5.74, 6) is 1.30. The zero-order chi connectivity index (χ0) is 21.1. The Morgan fingerprint density at radius 1 is 1.00 bits per heavy atom. The van der Waals surface area contributed by atoms with Crippen LogP contribution in [-0.4, -0.2) is 72.3 Å². The largest absolute Gasteiger partial charge is 0.340 e. The molecule has 0 N–H and O–H groups in total. The Labute approximate surface area is 185 Å². The number of nitrogens with zero attached hydrogens (tertiary/aromatic N) is 3. The van der Waals surface area contributed by atoms with E-state index in [1.54, 1.807) is 11.3 Å². The van der Waals surface area contributed by atoms with Gasteiger partial charge in [0.1, 0.15) is 0 Å². The lowest BCUT2D eigenvalue weighted by Crippen LogP contribution is -2.51. The molecular weight excluding hydrogens is 394 g/mol. The smallest absolute Gasteiger partial charge is 0.263 e. The molecule has 1 atom stereocenters. The van der Waals surface area contributed by atoms with E-state index in [0.717, 1.165) is 82.8 Å². The van der Waals surface area contributed by atoms with Crippen molar-refractivity contribution < 1.29 is 9.59 Å². The number of hydrogen-bond donors (Lipinski definition) is 0. The Morgan fingerprint density at radius 2 is 1.70 bits per heavy atom. The molecule has 3 heterocycles. The van der Waals surface area contributed by atoms with Gasteiger partial charge in [-0.3, -0.25) is 14.5 Å². The fraction of sp³-hybridized carbons (Fsp3) is 0.750. The molecule has 2 fully saturated rings. The molecule has 1 aromatic rings. The number of hydrogen-bond acceptors (Lipinski definition) is 4. The Balaban J connectivity index is 1.34. The summed E-state index contributed by atoms with van der Waals surface area (Å²) in [7, 11) is 0. The van der Waals surface area contributed by atoms with Crippen LogP contribution in [0.3, 0.4) is 0 Å². The van der Waals surface area contributed by atoms with Crippen molar-refractivity contribution in [1.29, 1.82) is 0 Å². The minimum absolute atomic E-state index is 0.0879. The first kappa shape index (κ1) is 21.8. The summed E-state index contributed by atoms with van der Waals surface area (Å²) in [5, 5.41) is 0. The molecule has 166 valence electrons. The number of amides is 2. The fourth-order valence-corrected chi connectivity index (χ4v) is 6.37. The fourth-order valence-electron chi connectivity index (χ4n) is 5.19. The summed E-state index contributed by atoms with van der Waals surface area (Å²) in [4.78, 5) is 35.0. The first-order valence-electron chi connectivity index (χ1n) is 11.9. The molecule has 0 radical (unpaired) electrons. The van der Waals surface area contributed by atoms with Gasteiger partial charge in [-0.05, 0) is 49.7 Å². The van der Waals surface area contributed by atoms with Crippen molar-refractivity contribution in [2.75, 3.05) is 45.8 Å². The van der Waals surface area contributed by atoms with E-state index in [1.807, 2.05) is 4.90 Å². The summed E-state index contributed by atoms with van der Waals surface area (Å²) >= 11 is 1.68. The minimum Gasteiger partial charge on any atom is -0.340 e. The quantitative estimate of drug-likeness (QED) is 0.731. The van der Waals surface area contributed by atoms with E-state index >= 15 is 0 Å². The lowest BCUT2D eigenvalue weighted by Gasteiger charge is -2.37. The number of fused-ring (bicyclic) bond motifs is 1. The maximum Gasteiger partial charge on any atom is 0.263 e. The van der Waals surface area contributed by atoms with E-state index in [-0.39, 0.29) is 11.8 Å². The van der Waals surface area contributed by atoms with Gasteiger partial charge in [0.25, 0.3) is 5.91 Å². The van der Waals surface area contributed by atoms with Gasteiger partial charge in [-0.25, -0.2) is 0 Å². The van der Waals surface area contributed by atoms with Gasteiger partial charge in [-0.15, -0.1) is 11.3 Å². The molecule has 0 unspecified atom stereocenters. The van der Waals surface area contributed by atoms with E-state index in [4.69, 9.17) is 0 Å². The van der Waals surface area contributed by atoms with E-state index in [2.05, 4.69) is 29.7 Å². The molecular formula is C24H37N3O2S. The molecule has 0 spiro atoms. The van der Waals surface area contributed by atoms with Crippen LogP contribution < -0.4 is 0 Å². The molecule has 2 aliphatic heterocycles. The van der Waals surface area contributed by atoms with Crippen molar-refractivity contribution in [3.63, 3.8) is 0 Å². The third-order valence-electron chi connectivity index (χ3n) is 6.84. The standard InChI is InChI=1S/C24H37N3O2S/c1-18(2)17-25-11-13-27(14-12-25)23(28)19-7-8-21-20(15-19)16-22(30-21)24(29)26-9-5-3-4-6-10-26/h16,18-19H,3-15,17H2,1-2H3/t19-/m1/s1. The average Bonchev–Trinajstić information content (AvgIpc) is 2.97. The number of piperazine rings is 1. The first-order chi connectivity index (χ1) is 14.5. The third-order valence-corrected chi connectivity index (χ3v) is 8.07. The molecule has 1 aromatic heterocycles. The van der Waals surface area contributed by atoms with Gasteiger partial charge in [-0.1, -0.05) is 26.7 Å². The molecule has 5 nitrogen and oxygen atoms in total. The van der Waals surface area contributed by atoms with Crippen LogP contribution in [-0.2, 0) is 17.6 Å². The zero-order valence-electron chi connectivity index (χ0n) is 18.7. The Hall–Kier alpha value is -1.40. The van der Waals surface area contributed by atoms with Gasteiger partial charge in [-0.2, -0.15) is 0 Å². The molecule has 30 heavy (non-hydrogen) atoms. The van der Waals surface area contributed by atoms with Crippen molar-refractivity contribution in [3.8, 4) is 0 Å². The van der Waals surface area contributed by atoms with Crippen LogP contribution in [0.15, 0.2) is 6.07 Å². The molecule has 4 rings (SSSR count). The van der Waals surface area contributed by atoms with E-state index in [0.29, 0.717) is 11.8 Å². The monoisotopic (exact) mass is 431 g/mol. The lowest BCUT2D eigenvalue weighted by molar-refractivity contribution is -0.137. The highest BCUT2D eigenvalue weighted by Crippen LogP contribution is 2.34. The highest BCUT2D eigenvalue weighted by atomic mass is 32.1. The summed E-state index contributed by atoms with van der Waals surface area (Å²) in [6.45, 7) is 11.1. The van der Waals surface area contributed by atoms with Gasteiger partial charge in [0.05, 0.1) is 4.88 Å². The van der Waals surface area contributed by atoms with Crippen LogP contribution in [0.4, 0.5) is 0 Å². The normalized spacial score (nSPS) is 23.4. The van der Waals surface area contributed by atoms with Gasteiger partial charge >= 0.3 is 0 Å². The molecule has 0 bridgehead atoms. The number of carbonyl (C=O) groups excluding carboxylic acids is 2. The second kappa shape index (κ2) is 9.82. The molecule has 0 saturated carbocycles. The number of thiophene rings is 1. The summed E-state index contributed by atoms with van der Waals surface area (Å²) in [6, 6.07) is 2.10. The van der Waals surface area contributed by atoms with Crippen LogP contribution >= 0.6 is 11.3 Å². The first-order valence-corrected chi connectivity index (χ1v) is 12.7. The van der Waals surface area contributed by atoms with Crippen LogP contribution in [0.25, 0.3) is 0 Å². The number of likely N-dealkylation sites (tertiary alicyclic amines) is 1. The molecule has 3 aliphatic rings. The van der Waals surface area contributed by atoms with Gasteiger partial charge in [0.2, 0.25) is 5.91 Å². The van der Waals surface area contributed by atoms with E-state index < -0.39 is 0 Å². The van der Waals surface area contributed by atoms with Crippen molar-refractivity contribution in [3.05, 3.63) is 21.4 Å².